The summed E-state index contributed by atoms with van der Waals surface area (Å²) in [7, 11) is 0. The Balaban J connectivity index is 1.82. The first-order valence-electron chi connectivity index (χ1n) is 8.72. The minimum Gasteiger partial charge on any atom is -0.316 e. The van der Waals surface area contributed by atoms with E-state index in [1.807, 2.05) is 19.1 Å². The molecule has 136 valence electrons. The Morgan fingerprint density at radius 2 is 2.04 bits per heavy atom. The lowest BCUT2D eigenvalue weighted by molar-refractivity contribution is -0.384. The molecule has 0 fully saturated rings. The summed E-state index contributed by atoms with van der Waals surface area (Å²) in [5, 5.41) is 10.9. The molecule has 1 amide bonds. The van der Waals surface area contributed by atoms with Crippen LogP contribution in [0.15, 0.2) is 53.5 Å². The Morgan fingerprint density at radius 3 is 2.81 bits per heavy atom. The molecule has 0 saturated carbocycles. The van der Waals surface area contributed by atoms with Gasteiger partial charge in [0, 0.05) is 34.7 Å². The van der Waals surface area contributed by atoms with Gasteiger partial charge in [-0.3, -0.25) is 14.9 Å². The smallest absolute Gasteiger partial charge is 0.279 e. The van der Waals surface area contributed by atoms with E-state index in [4.69, 9.17) is 0 Å². The van der Waals surface area contributed by atoms with Gasteiger partial charge in [0.2, 0.25) is 0 Å². The molecule has 0 radical (unpaired) electrons. The normalized spacial score (nSPS) is 13.1. The average molecular weight is 379 g/mol. The van der Waals surface area contributed by atoms with Gasteiger partial charge >= 0.3 is 0 Å². The molecule has 27 heavy (non-hydrogen) atoms. The van der Waals surface area contributed by atoms with E-state index in [9.17, 15) is 14.9 Å². The van der Waals surface area contributed by atoms with Gasteiger partial charge in [-0.1, -0.05) is 30.3 Å². The number of carbonyl (C=O) groups excluding carboxylic acids is 1. The molecule has 0 saturated heterocycles. The van der Waals surface area contributed by atoms with Gasteiger partial charge in [-0.2, -0.15) is 4.99 Å². The number of nitro benzene ring substituents is 1. The summed E-state index contributed by atoms with van der Waals surface area (Å²) in [4.78, 5) is 29.2. The predicted molar refractivity (Wildman–Crippen MR) is 104 cm³/mol. The van der Waals surface area contributed by atoms with Crippen LogP contribution >= 0.6 is 11.3 Å². The number of aryl methyl sites for hydroxylation is 2. The molecule has 1 heterocycles. The molecule has 1 aliphatic carbocycles. The van der Waals surface area contributed by atoms with Gasteiger partial charge in [-0.05, 0) is 31.4 Å². The molecule has 7 heteroatoms. The van der Waals surface area contributed by atoms with E-state index in [0.29, 0.717) is 11.3 Å². The van der Waals surface area contributed by atoms with Crippen molar-refractivity contribution in [2.24, 2.45) is 4.99 Å². The summed E-state index contributed by atoms with van der Waals surface area (Å²) >= 11 is 1.53. The zero-order valence-corrected chi connectivity index (χ0v) is 15.5. The van der Waals surface area contributed by atoms with Crippen LogP contribution in [-0.2, 0) is 19.4 Å². The van der Waals surface area contributed by atoms with Gasteiger partial charge in [0.25, 0.3) is 11.6 Å². The Kier molecular flexibility index (Phi) is 4.45. The van der Waals surface area contributed by atoms with E-state index in [1.54, 1.807) is 6.07 Å². The average Bonchev–Trinajstić information content (AvgIpc) is 3.05. The highest BCUT2D eigenvalue weighted by atomic mass is 32.1. The molecule has 4 rings (SSSR count). The Morgan fingerprint density at radius 1 is 1.22 bits per heavy atom. The topological polar surface area (TPSA) is 77.5 Å². The van der Waals surface area contributed by atoms with Crippen molar-refractivity contribution in [3.63, 3.8) is 0 Å². The van der Waals surface area contributed by atoms with Crippen LogP contribution < -0.4 is 4.80 Å². The molecular weight excluding hydrogens is 362 g/mol. The molecule has 0 N–H and O–H groups in total. The van der Waals surface area contributed by atoms with Crippen molar-refractivity contribution < 1.29 is 9.72 Å². The fourth-order valence-electron chi connectivity index (χ4n) is 3.42. The van der Waals surface area contributed by atoms with E-state index >= 15 is 0 Å². The number of hydrogen-bond donors (Lipinski definition) is 0. The fraction of sp³-hybridized carbons (Fsp3) is 0.200. The molecule has 0 aliphatic heterocycles. The second kappa shape index (κ2) is 6.92. The minimum absolute atomic E-state index is 0.112. The second-order valence-corrected chi connectivity index (χ2v) is 7.34. The maximum Gasteiger partial charge on any atom is 0.279 e. The second-order valence-electron chi connectivity index (χ2n) is 6.28. The maximum absolute atomic E-state index is 12.6. The number of benzene rings is 2. The van der Waals surface area contributed by atoms with Gasteiger partial charge in [-0.25, -0.2) is 0 Å². The molecule has 0 spiro atoms. The van der Waals surface area contributed by atoms with Crippen LogP contribution in [0.1, 0.15) is 27.7 Å². The predicted octanol–water partition coefficient (Wildman–Crippen LogP) is 3.98. The summed E-state index contributed by atoms with van der Waals surface area (Å²) in [6, 6.07) is 14.0. The van der Waals surface area contributed by atoms with Gasteiger partial charge in [0.15, 0.2) is 4.80 Å². The Hall–Kier alpha value is -3.06. The zero-order valence-electron chi connectivity index (χ0n) is 14.7. The fourth-order valence-corrected chi connectivity index (χ4v) is 4.62. The molecule has 2 aromatic carbocycles. The summed E-state index contributed by atoms with van der Waals surface area (Å²) < 4.78 is 2.06. The summed E-state index contributed by atoms with van der Waals surface area (Å²) in [5.74, 6) is -0.465. The first-order chi connectivity index (χ1) is 13.1. The van der Waals surface area contributed by atoms with Crippen LogP contribution in [0.3, 0.4) is 0 Å². The van der Waals surface area contributed by atoms with Crippen molar-refractivity contribution in [2.45, 2.75) is 26.3 Å². The first kappa shape index (κ1) is 17.4. The standard InChI is InChI=1S/C20H17N3O3S/c1-2-22-18-16-9-4-3-6-13(16)10-11-17(18)27-20(22)21-19(24)14-7-5-8-15(12-14)23(25)26/h3-9,12H,2,10-11H2,1H3. The van der Waals surface area contributed by atoms with Crippen molar-refractivity contribution in [3.05, 3.63) is 79.5 Å². The quantitative estimate of drug-likeness (QED) is 0.510. The van der Waals surface area contributed by atoms with Crippen molar-refractivity contribution in [1.29, 1.82) is 0 Å². The molecule has 1 aliphatic rings. The highest BCUT2D eigenvalue weighted by Gasteiger charge is 2.22. The molecule has 3 aromatic rings. The van der Waals surface area contributed by atoms with Crippen LogP contribution in [0.4, 0.5) is 5.69 Å². The summed E-state index contributed by atoms with van der Waals surface area (Å²) in [6.45, 7) is 2.72. The van der Waals surface area contributed by atoms with E-state index in [-0.39, 0.29) is 11.3 Å². The number of non-ortho nitro benzene ring substituents is 1. The van der Waals surface area contributed by atoms with E-state index in [1.165, 1.54) is 45.5 Å². The third-order valence-electron chi connectivity index (χ3n) is 4.69. The van der Waals surface area contributed by atoms with Crippen LogP contribution in [-0.4, -0.2) is 15.4 Å². The lowest BCUT2D eigenvalue weighted by atomic mass is 9.93. The number of fused-ring (bicyclic) bond motifs is 3. The van der Waals surface area contributed by atoms with E-state index in [2.05, 4.69) is 21.7 Å². The Labute approximate surface area is 159 Å². The largest absolute Gasteiger partial charge is 0.316 e. The number of rotatable bonds is 3. The SMILES string of the molecule is CCn1c2c(sc1=NC(=O)c1cccc([N+](=O)[O-])c1)CCc1ccccc1-2. The molecule has 6 nitrogen and oxygen atoms in total. The van der Waals surface area contributed by atoms with Crippen LogP contribution in [0.5, 0.6) is 0 Å². The van der Waals surface area contributed by atoms with Crippen molar-refractivity contribution in [1.82, 2.24) is 4.57 Å². The highest BCUT2D eigenvalue weighted by molar-refractivity contribution is 7.09. The third-order valence-corrected chi connectivity index (χ3v) is 5.83. The highest BCUT2D eigenvalue weighted by Crippen LogP contribution is 2.34. The summed E-state index contributed by atoms with van der Waals surface area (Å²) in [6.07, 6.45) is 1.91. The molecule has 1 aromatic heterocycles. The number of carbonyl (C=O) groups is 1. The molecule has 0 unspecified atom stereocenters. The molecular formula is C20H17N3O3S. The molecule has 0 atom stereocenters. The van der Waals surface area contributed by atoms with E-state index in [0.717, 1.165) is 18.5 Å². The number of amides is 1. The Bertz CT molecular complexity index is 1130. The number of nitrogens with zero attached hydrogens (tertiary/aromatic N) is 3. The van der Waals surface area contributed by atoms with Crippen molar-refractivity contribution in [2.75, 3.05) is 0 Å². The third kappa shape index (κ3) is 3.10. The van der Waals surface area contributed by atoms with Crippen LogP contribution in [0.2, 0.25) is 0 Å². The van der Waals surface area contributed by atoms with Gasteiger partial charge in [-0.15, -0.1) is 11.3 Å². The number of hydrogen-bond acceptors (Lipinski definition) is 4. The number of nitro groups is 1. The number of thiazole rings is 1. The van der Waals surface area contributed by atoms with Crippen LogP contribution in [0, 0.1) is 10.1 Å². The molecule has 0 bridgehead atoms. The first-order valence-corrected chi connectivity index (χ1v) is 9.54. The summed E-state index contributed by atoms with van der Waals surface area (Å²) in [5.41, 5.74) is 3.75. The lowest BCUT2D eigenvalue weighted by Crippen LogP contribution is -2.18. The van der Waals surface area contributed by atoms with Crippen molar-refractivity contribution in [3.8, 4) is 11.3 Å². The van der Waals surface area contributed by atoms with Gasteiger partial charge < -0.3 is 4.57 Å². The van der Waals surface area contributed by atoms with Crippen LogP contribution in [0.25, 0.3) is 11.3 Å². The monoisotopic (exact) mass is 379 g/mol. The minimum atomic E-state index is -0.510. The van der Waals surface area contributed by atoms with E-state index < -0.39 is 10.8 Å². The number of aromatic nitrogens is 1. The van der Waals surface area contributed by atoms with Gasteiger partial charge in [0.05, 0.1) is 10.6 Å². The lowest BCUT2D eigenvalue weighted by Gasteiger charge is -2.17. The van der Waals surface area contributed by atoms with Crippen molar-refractivity contribution >= 4 is 22.9 Å². The zero-order chi connectivity index (χ0) is 19.0. The maximum atomic E-state index is 12.6. The van der Waals surface area contributed by atoms with Gasteiger partial charge in [0.1, 0.15) is 0 Å².